The maximum Gasteiger partial charge on any atom is 0.482 e. The molecule has 1 aliphatic heterocycles. The highest BCUT2D eigenvalue weighted by atomic mass is 19.4. The highest BCUT2D eigenvalue weighted by molar-refractivity contribution is 4.67. The molecule has 0 bridgehead atoms. The van der Waals surface area contributed by atoms with Gasteiger partial charge >= 0.3 is 12.3 Å². The van der Waals surface area contributed by atoms with E-state index >= 15 is 0 Å². The van der Waals surface area contributed by atoms with E-state index in [1.807, 2.05) is 0 Å². The Labute approximate surface area is 83.3 Å². The van der Waals surface area contributed by atoms with Gasteiger partial charge < -0.3 is 9.47 Å². The lowest BCUT2D eigenvalue weighted by atomic mass is 10.2. The van der Waals surface area contributed by atoms with Crippen LogP contribution in [0.15, 0.2) is 0 Å². The SMILES string of the molecule is FC(F)(F)C(F)(F)OCCC1CCCO1. The van der Waals surface area contributed by atoms with Crippen LogP contribution in [0.4, 0.5) is 22.0 Å². The molecule has 0 saturated carbocycles. The Bertz CT molecular complexity index is 198. The summed E-state index contributed by atoms with van der Waals surface area (Å²) in [7, 11) is 0. The van der Waals surface area contributed by atoms with Gasteiger partial charge in [0.05, 0.1) is 12.7 Å². The van der Waals surface area contributed by atoms with E-state index in [0.717, 1.165) is 6.42 Å². The predicted octanol–water partition coefficient (Wildman–Crippen LogP) is 2.73. The van der Waals surface area contributed by atoms with Crippen molar-refractivity contribution in [2.45, 2.75) is 37.7 Å². The third-order valence-corrected chi connectivity index (χ3v) is 2.08. The van der Waals surface area contributed by atoms with Crippen LogP contribution in [0.25, 0.3) is 0 Å². The summed E-state index contributed by atoms with van der Waals surface area (Å²) in [5, 5.41) is 0. The molecule has 0 radical (unpaired) electrons. The van der Waals surface area contributed by atoms with Crippen molar-refractivity contribution in [3.05, 3.63) is 0 Å². The molecule has 1 unspecified atom stereocenters. The molecule has 0 aromatic heterocycles. The van der Waals surface area contributed by atoms with Gasteiger partial charge in [-0.25, -0.2) is 0 Å². The normalized spacial score (nSPS) is 23.4. The average Bonchev–Trinajstić information content (AvgIpc) is 2.54. The van der Waals surface area contributed by atoms with Crippen LogP contribution in [0.1, 0.15) is 19.3 Å². The lowest BCUT2D eigenvalue weighted by molar-refractivity contribution is -0.391. The summed E-state index contributed by atoms with van der Waals surface area (Å²) >= 11 is 0. The van der Waals surface area contributed by atoms with Gasteiger partial charge in [0.15, 0.2) is 0 Å². The summed E-state index contributed by atoms with van der Waals surface area (Å²) in [6.45, 7) is -0.127. The second kappa shape index (κ2) is 4.61. The van der Waals surface area contributed by atoms with Crippen LogP contribution in [-0.4, -0.2) is 31.6 Å². The van der Waals surface area contributed by atoms with Crippen LogP contribution >= 0.6 is 0 Å². The third kappa shape index (κ3) is 3.57. The number of hydrogen-bond donors (Lipinski definition) is 0. The summed E-state index contributed by atoms with van der Waals surface area (Å²) in [4.78, 5) is 0. The van der Waals surface area contributed by atoms with Crippen molar-refractivity contribution >= 4 is 0 Å². The van der Waals surface area contributed by atoms with Gasteiger partial charge in [-0.3, -0.25) is 0 Å². The van der Waals surface area contributed by atoms with Crippen LogP contribution in [0.2, 0.25) is 0 Å². The fraction of sp³-hybridized carbons (Fsp3) is 1.00. The van der Waals surface area contributed by atoms with E-state index in [4.69, 9.17) is 4.74 Å². The molecule has 7 heteroatoms. The fourth-order valence-corrected chi connectivity index (χ4v) is 1.27. The number of rotatable bonds is 4. The van der Waals surface area contributed by atoms with Crippen molar-refractivity contribution in [1.82, 2.24) is 0 Å². The largest absolute Gasteiger partial charge is 0.482 e. The van der Waals surface area contributed by atoms with Gasteiger partial charge in [0.25, 0.3) is 0 Å². The highest BCUT2D eigenvalue weighted by Gasteiger charge is 2.59. The summed E-state index contributed by atoms with van der Waals surface area (Å²) in [5.41, 5.74) is 0. The summed E-state index contributed by atoms with van der Waals surface area (Å²) in [5.74, 6) is 0. The summed E-state index contributed by atoms with van der Waals surface area (Å²) < 4.78 is 67.9. The van der Waals surface area contributed by atoms with Crippen LogP contribution < -0.4 is 0 Å². The summed E-state index contributed by atoms with van der Waals surface area (Å²) in [6, 6.07) is 0. The fourth-order valence-electron chi connectivity index (χ4n) is 1.27. The Balaban J connectivity index is 2.23. The van der Waals surface area contributed by atoms with Gasteiger partial charge in [-0.15, -0.1) is 0 Å². The minimum atomic E-state index is -5.65. The maximum absolute atomic E-state index is 12.2. The van der Waals surface area contributed by atoms with E-state index in [-0.39, 0.29) is 12.5 Å². The minimum Gasteiger partial charge on any atom is -0.378 e. The number of halogens is 5. The molecule has 2 nitrogen and oxygen atoms in total. The van der Waals surface area contributed by atoms with Crippen molar-refractivity contribution in [3.8, 4) is 0 Å². The van der Waals surface area contributed by atoms with Gasteiger partial charge in [-0.05, 0) is 19.3 Å². The first-order valence-corrected chi connectivity index (χ1v) is 4.53. The molecular formula is C8H11F5O2. The smallest absolute Gasteiger partial charge is 0.378 e. The maximum atomic E-state index is 12.2. The van der Waals surface area contributed by atoms with E-state index in [0.29, 0.717) is 13.0 Å². The molecule has 1 aliphatic rings. The van der Waals surface area contributed by atoms with Crippen LogP contribution in [0.5, 0.6) is 0 Å². The topological polar surface area (TPSA) is 18.5 Å². The van der Waals surface area contributed by atoms with E-state index in [1.54, 1.807) is 0 Å². The molecule has 0 aliphatic carbocycles. The number of alkyl halides is 5. The van der Waals surface area contributed by atoms with E-state index in [9.17, 15) is 22.0 Å². The molecule has 15 heavy (non-hydrogen) atoms. The molecular weight excluding hydrogens is 223 g/mol. The van der Waals surface area contributed by atoms with Crippen LogP contribution in [0, 0.1) is 0 Å². The van der Waals surface area contributed by atoms with Gasteiger partial charge in [0.2, 0.25) is 0 Å². The van der Waals surface area contributed by atoms with Crippen molar-refractivity contribution < 1.29 is 31.4 Å². The molecule has 0 aromatic carbocycles. The quantitative estimate of drug-likeness (QED) is 0.696. The standard InChI is InChI=1S/C8H11F5O2/c9-7(10,11)8(12,13)15-5-3-6-2-1-4-14-6/h6H,1-5H2. The van der Waals surface area contributed by atoms with Crippen molar-refractivity contribution in [2.75, 3.05) is 13.2 Å². The Morgan fingerprint density at radius 3 is 2.33 bits per heavy atom. The lowest BCUT2D eigenvalue weighted by Crippen LogP contribution is -2.39. The molecule has 0 aromatic rings. The Morgan fingerprint density at radius 2 is 1.87 bits per heavy atom. The third-order valence-electron chi connectivity index (χ3n) is 2.08. The van der Waals surface area contributed by atoms with Crippen molar-refractivity contribution in [2.24, 2.45) is 0 Å². The van der Waals surface area contributed by atoms with Crippen LogP contribution in [-0.2, 0) is 9.47 Å². The lowest BCUT2D eigenvalue weighted by Gasteiger charge is -2.20. The van der Waals surface area contributed by atoms with Crippen molar-refractivity contribution in [1.29, 1.82) is 0 Å². The second-order valence-corrected chi connectivity index (χ2v) is 3.29. The monoisotopic (exact) mass is 234 g/mol. The van der Waals surface area contributed by atoms with Gasteiger partial charge in [-0.2, -0.15) is 22.0 Å². The molecule has 1 atom stereocenters. The van der Waals surface area contributed by atoms with Crippen molar-refractivity contribution in [3.63, 3.8) is 0 Å². The zero-order valence-electron chi connectivity index (χ0n) is 7.82. The van der Waals surface area contributed by atoms with E-state index in [1.165, 1.54) is 0 Å². The Kier molecular flexibility index (Phi) is 3.88. The molecule has 1 fully saturated rings. The zero-order valence-corrected chi connectivity index (χ0v) is 7.82. The first-order chi connectivity index (χ1) is 6.83. The molecule has 0 N–H and O–H groups in total. The predicted molar refractivity (Wildman–Crippen MR) is 40.5 cm³/mol. The first kappa shape index (κ1) is 12.6. The van der Waals surface area contributed by atoms with Gasteiger partial charge in [0, 0.05) is 6.61 Å². The average molecular weight is 234 g/mol. The Morgan fingerprint density at radius 1 is 1.20 bits per heavy atom. The van der Waals surface area contributed by atoms with E-state index in [2.05, 4.69) is 4.74 Å². The number of hydrogen-bond acceptors (Lipinski definition) is 2. The second-order valence-electron chi connectivity index (χ2n) is 3.29. The highest BCUT2D eigenvalue weighted by Crippen LogP contribution is 2.36. The van der Waals surface area contributed by atoms with Gasteiger partial charge in [-0.1, -0.05) is 0 Å². The molecule has 0 spiro atoms. The van der Waals surface area contributed by atoms with Gasteiger partial charge in [0.1, 0.15) is 0 Å². The molecule has 1 heterocycles. The molecule has 90 valence electrons. The zero-order chi connectivity index (χ0) is 11.5. The van der Waals surface area contributed by atoms with Crippen LogP contribution in [0.3, 0.4) is 0 Å². The molecule has 1 rings (SSSR count). The number of ether oxygens (including phenoxy) is 2. The molecule has 0 amide bonds. The first-order valence-electron chi connectivity index (χ1n) is 4.53. The molecule has 1 saturated heterocycles. The van der Waals surface area contributed by atoms with E-state index < -0.39 is 18.9 Å². The minimum absolute atomic E-state index is 0.0612. The Hall–Kier alpha value is -0.430. The summed E-state index contributed by atoms with van der Waals surface area (Å²) in [6.07, 6.45) is -9.42.